The predicted octanol–water partition coefficient (Wildman–Crippen LogP) is 4.27. The second-order valence-corrected chi connectivity index (χ2v) is 6.90. The van der Waals surface area contributed by atoms with Crippen LogP contribution in [0.5, 0.6) is 0 Å². The third-order valence-corrected chi connectivity index (χ3v) is 5.39. The minimum Gasteiger partial charge on any atom is -0.270 e. The Labute approximate surface area is 157 Å². The summed E-state index contributed by atoms with van der Waals surface area (Å²) in [5.74, 6) is 0. The van der Waals surface area contributed by atoms with Gasteiger partial charge in [0.1, 0.15) is 6.17 Å². The Morgan fingerprint density at radius 1 is 0.926 bits per heavy atom. The van der Waals surface area contributed by atoms with Crippen LogP contribution in [0.2, 0.25) is 0 Å². The van der Waals surface area contributed by atoms with E-state index in [0.29, 0.717) is 5.56 Å². The molecule has 0 radical (unpaired) electrons. The number of carbonyl (C=O) groups is 1. The summed E-state index contributed by atoms with van der Waals surface area (Å²) in [6.45, 7) is 1.59. The van der Waals surface area contributed by atoms with Crippen LogP contribution in [0.4, 0.5) is 10.5 Å². The largest absolute Gasteiger partial charge is 0.340 e. The summed E-state index contributed by atoms with van der Waals surface area (Å²) in [6, 6.07) is 23.9. The molecule has 0 aliphatic carbocycles. The molecule has 2 aliphatic rings. The van der Waals surface area contributed by atoms with Crippen molar-refractivity contribution in [2.75, 3.05) is 18.0 Å². The second kappa shape index (κ2) is 6.11. The summed E-state index contributed by atoms with van der Waals surface area (Å²) in [6.07, 6.45) is 0.778. The van der Waals surface area contributed by atoms with Crippen LogP contribution in [0.3, 0.4) is 0 Å². The van der Waals surface area contributed by atoms with Crippen LogP contribution >= 0.6 is 0 Å². The maximum Gasteiger partial charge on any atom is 0.340 e. The van der Waals surface area contributed by atoms with Gasteiger partial charge in [0.2, 0.25) is 0 Å². The lowest BCUT2D eigenvalue weighted by Gasteiger charge is -2.28. The lowest BCUT2D eigenvalue weighted by Crippen LogP contribution is -2.32. The van der Waals surface area contributed by atoms with E-state index in [1.54, 1.807) is 0 Å². The summed E-state index contributed by atoms with van der Waals surface area (Å²) in [7, 11) is 0. The molecule has 5 heteroatoms. The van der Waals surface area contributed by atoms with Crippen molar-refractivity contribution in [1.82, 2.24) is 10.0 Å². The molecule has 0 saturated carbocycles. The molecule has 2 fully saturated rings. The maximum absolute atomic E-state index is 13.3. The second-order valence-electron chi connectivity index (χ2n) is 6.90. The van der Waals surface area contributed by atoms with Gasteiger partial charge in [-0.3, -0.25) is 9.91 Å². The third kappa shape index (κ3) is 2.38. The van der Waals surface area contributed by atoms with Gasteiger partial charge in [0.05, 0.1) is 17.3 Å². The molecular weight excluding hydrogens is 336 g/mol. The quantitative estimate of drug-likeness (QED) is 0.690. The number of nitrogens with zero attached hydrogens (tertiary/aromatic N) is 4. The summed E-state index contributed by atoms with van der Waals surface area (Å²) in [5, 5.41) is 15.3. The first-order valence-corrected chi connectivity index (χ1v) is 9.13. The van der Waals surface area contributed by atoms with Crippen molar-refractivity contribution in [2.45, 2.75) is 12.6 Å². The van der Waals surface area contributed by atoms with Gasteiger partial charge in [-0.25, -0.2) is 4.79 Å². The van der Waals surface area contributed by atoms with Crippen molar-refractivity contribution >= 4 is 22.5 Å². The highest BCUT2D eigenvalue weighted by atomic mass is 16.2. The summed E-state index contributed by atoms with van der Waals surface area (Å²) >= 11 is 0. The van der Waals surface area contributed by atoms with Crippen LogP contribution in [0, 0.1) is 11.3 Å². The van der Waals surface area contributed by atoms with E-state index in [9.17, 15) is 4.79 Å². The van der Waals surface area contributed by atoms with Crippen molar-refractivity contribution < 1.29 is 4.79 Å². The molecule has 132 valence electrons. The molecule has 3 aromatic carbocycles. The molecule has 0 N–H and O–H groups in total. The van der Waals surface area contributed by atoms with Crippen LogP contribution in [0.25, 0.3) is 10.8 Å². The number of nitriles is 1. The average Bonchev–Trinajstić information content (AvgIpc) is 3.30. The molecule has 5 nitrogen and oxygen atoms in total. The normalized spacial score (nSPS) is 19.5. The zero-order valence-electron chi connectivity index (χ0n) is 14.7. The Hall–Kier alpha value is -3.36. The fourth-order valence-electron chi connectivity index (χ4n) is 4.16. The lowest BCUT2D eigenvalue weighted by atomic mass is 10.1. The highest BCUT2D eigenvalue weighted by molar-refractivity contribution is 6.04. The minimum atomic E-state index is -0.196. The fraction of sp³-hybridized carbons (Fsp3) is 0.182. The van der Waals surface area contributed by atoms with E-state index >= 15 is 0 Å². The molecule has 1 unspecified atom stereocenters. The van der Waals surface area contributed by atoms with E-state index in [-0.39, 0.29) is 12.2 Å². The van der Waals surface area contributed by atoms with Crippen LogP contribution < -0.4 is 4.90 Å². The average molecular weight is 354 g/mol. The Bertz CT molecular complexity index is 1060. The number of hydrazine groups is 1. The maximum atomic E-state index is 13.3. The van der Waals surface area contributed by atoms with Gasteiger partial charge in [0.15, 0.2) is 0 Å². The van der Waals surface area contributed by atoms with E-state index in [0.717, 1.165) is 41.5 Å². The molecule has 2 aliphatic heterocycles. The zero-order valence-corrected chi connectivity index (χ0v) is 14.7. The molecule has 1 atom stereocenters. The van der Waals surface area contributed by atoms with Gasteiger partial charge in [-0.15, -0.1) is 0 Å². The number of urea groups is 1. The van der Waals surface area contributed by atoms with Crippen molar-refractivity contribution in [3.05, 3.63) is 77.9 Å². The number of anilines is 1. The standard InChI is InChI=1S/C22H18N4O/c23-15-16-9-11-18(12-10-16)21-24-13-4-14-25(24)22(27)26(21)20-8-3-6-17-5-1-2-7-19(17)20/h1-3,5-12,21H,4,13-14H2. The Morgan fingerprint density at radius 2 is 1.70 bits per heavy atom. The molecule has 27 heavy (non-hydrogen) atoms. The number of amides is 2. The first kappa shape index (κ1) is 15.9. The van der Waals surface area contributed by atoms with Crippen LogP contribution in [-0.2, 0) is 0 Å². The number of hydrogen-bond donors (Lipinski definition) is 0. The number of hydrogen-bond acceptors (Lipinski definition) is 3. The topological polar surface area (TPSA) is 50.6 Å². The Morgan fingerprint density at radius 3 is 2.52 bits per heavy atom. The highest BCUT2D eigenvalue weighted by Gasteiger charge is 2.48. The van der Waals surface area contributed by atoms with Crippen molar-refractivity contribution in [1.29, 1.82) is 5.26 Å². The van der Waals surface area contributed by atoms with E-state index in [1.165, 1.54) is 0 Å². The molecule has 0 aromatic heterocycles. The van der Waals surface area contributed by atoms with Gasteiger partial charge in [-0.1, -0.05) is 48.5 Å². The molecule has 2 heterocycles. The molecule has 5 rings (SSSR count). The molecule has 2 saturated heterocycles. The molecule has 2 amide bonds. The third-order valence-electron chi connectivity index (χ3n) is 5.39. The Kier molecular flexibility index (Phi) is 3.59. The first-order chi connectivity index (χ1) is 13.3. The summed E-state index contributed by atoms with van der Waals surface area (Å²) < 4.78 is 0. The van der Waals surface area contributed by atoms with Gasteiger partial charge in [0.25, 0.3) is 0 Å². The minimum absolute atomic E-state index is 0.0122. The van der Waals surface area contributed by atoms with Crippen LogP contribution in [0.1, 0.15) is 23.7 Å². The predicted molar refractivity (Wildman–Crippen MR) is 104 cm³/mol. The van der Waals surface area contributed by atoms with Gasteiger partial charge in [-0.05, 0) is 35.6 Å². The lowest BCUT2D eigenvalue weighted by molar-refractivity contribution is 0.0728. The highest BCUT2D eigenvalue weighted by Crippen LogP contribution is 2.42. The molecule has 3 aromatic rings. The van der Waals surface area contributed by atoms with Crippen molar-refractivity contribution in [3.8, 4) is 6.07 Å². The summed E-state index contributed by atoms with van der Waals surface area (Å²) in [5.41, 5.74) is 2.56. The number of carbonyl (C=O) groups excluding carboxylic acids is 1. The van der Waals surface area contributed by atoms with E-state index < -0.39 is 0 Å². The molecule has 0 bridgehead atoms. The Balaban J connectivity index is 1.68. The first-order valence-electron chi connectivity index (χ1n) is 9.13. The summed E-state index contributed by atoms with van der Waals surface area (Å²) in [4.78, 5) is 15.2. The SMILES string of the molecule is N#Cc1ccc(C2N(c3cccc4ccccc34)C(=O)N3CCCN23)cc1. The van der Waals surface area contributed by atoms with Crippen LogP contribution in [-0.4, -0.2) is 29.1 Å². The van der Waals surface area contributed by atoms with Gasteiger partial charge in [0, 0.05) is 18.5 Å². The van der Waals surface area contributed by atoms with Gasteiger partial charge in [-0.2, -0.15) is 10.3 Å². The number of benzene rings is 3. The van der Waals surface area contributed by atoms with E-state index in [2.05, 4.69) is 29.3 Å². The van der Waals surface area contributed by atoms with Gasteiger partial charge >= 0.3 is 6.03 Å². The number of fused-ring (bicyclic) bond motifs is 2. The zero-order chi connectivity index (χ0) is 18.4. The van der Waals surface area contributed by atoms with E-state index in [1.807, 2.05) is 58.4 Å². The van der Waals surface area contributed by atoms with Crippen LogP contribution in [0.15, 0.2) is 66.7 Å². The smallest absolute Gasteiger partial charge is 0.270 e. The fourth-order valence-corrected chi connectivity index (χ4v) is 4.16. The van der Waals surface area contributed by atoms with Crippen molar-refractivity contribution in [3.63, 3.8) is 0 Å². The monoisotopic (exact) mass is 354 g/mol. The number of rotatable bonds is 2. The molecule has 0 spiro atoms. The van der Waals surface area contributed by atoms with Crippen molar-refractivity contribution in [2.24, 2.45) is 0 Å². The van der Waals surface area contributed by atoms with E-state index in [4.69, 9.17) is 5.26 Å². The molecular formula is C22H18N4O. The van der Waals surface area contributed by atoms with Gasteiger partial charge < -0.3 is 0 Å².